The zero-order chi connectivity index (χ0) is 20.2. The molecule has 1 unspecified atom stereocenters. The van der Waals surface area contributed by atoms with Crippen molar-refractivity contribution in [3.63, 3.8) is 0 Å². The van der Waals surface area contributed by atoms with Gasteiger partial charge in [-0.15, -0.1) is 0 Å². The van der Waals surface area contributed by atoms with E-state index in [0.29, 0.717) is 36.7 Å². The minimum absolute atomic E-state index is 0.0802. The zero-order valence-corrected chi connectivity index (χ0v) is 16.3. The van der Waals surface area contributed by atoms with Gasteiger partial charge in [-0.1, -0.05) is 24.3 Å². The molecule has 7 heteroatoms. The van der Waals surface area contributed by atoms with E-state index in [-0.39, 0.29) is 23.8 Å². The molecule has 2 aromatic rings. The van der Waals surface area contributed by atoms with Crippen molar-refractivity contribution in [3.05, 3.63) is 47.2 Å². The molecular weight excluding hydrogens is 366 g/mol. The van der Waals surface area contributed by atoms with Crippen molar-refractivity contribution in [2.24, 2.45) is 0 Å². The summed E-state index contributed by atoms with van der Waals surface area (Å²) < 4.78 is 0. The second-order valence-corrected chi connectivity index (χ2v) is 7.83. The van der Waals surface area contributed by atoms with Crippen molar-refractivity contribution in [2.45, 2.75) is 56.6 Å². The second kappa shape index (κ2) is 8.58. The van der Waals surface area contributed by atoms with E-state index in [4.69, 9.17) is 0 Å². The van der Waals surface area contributed by atoms with Crippen molar-refractivity contribution in [3.8, 4) is 6.07 Å². The van der Waals surface area contributed by atoms with Gasteiger partial charge in [0.05, 0.1) is 12.3 Å². The molecule has 0 bridgehead atoms. The van der Waals surface area contributed by atoms with E-state index in [1.165, 1.54) is 6.20 Å². The molecule has 1 aromatic carbocycles. The molecule has 0 spiro atoms. The van der Waals surface area contributed by atoms with Crippen LogP contribution in [0.2, 0.25) is 0 Å². The Labute approximate surface area is 170 Å². The number of rotatable bonds is 6. The summed E-state index contributed by atoms with van der Waals surface area (Å²) in [7, 11) is 0. The zero-order valence-electron chi connectivity index (χ0n) is 16.3. The molecule has 3 N–H and O–H groups in total. The number of hydrogen-bond donors (Lipinski definition) is 3. The highest BCUT2D eigenvalue weighted by molar-refractivity contribution is 5.92. The molecule has 150 valence electrons. The number of anilines is 2. The smallest absolute Gasteiger partial charge is 0.224 e. The Morgan fingerprint density at radius 2 is 2.00 bits per heavy atom. The SMILES string of the molecule is N#Cc1cnc(NCCC2C(=O)Cc3ccccc32)nc1NC1CCC(O)CC1. The maximum absolute atomic E-state index is 12.3. The number of ketones is 1. The number of Topliss-reactive ketones (excluding diaryl/α,β-unsaturated/α-hetero) is 1. The minimum atomic E-state index is -0.227. The van der Waals surface area contributed by atoms with Crippen LogP contribution in [-0.2, 0) is 11.2 Å². The molecule has 2 aliphatic rings. The number of benzene rings is 1. The van der Waals surface area contributed by atoms with Crippen LogP contribution in [0.15, 0.2) is 30.5 Å². The van der Waals surface area contributed by atoms with Gasteiger partial charge >= 0.3 is 0 Å². The normalized spacial score (nSPS) is 23.3. The van der Waals surface area contributed by atoms with Gasteiger partial charge in [-0.3, -0.25) is 4.79 Å². The predicted octanol–water partition coefficient (Wildman–Crippen LogP) is 2.77. The van der Waals surface area contributed by atoms with Crippen molar-refractivity contribution in [1.29, 1.82) is 5.26 Å². The van der Waals surface area contributed by atoms with Crippen molar-refractivity contribution in [1.82, 2.24) is 9.97 Å². The maximum atomic E-state index is 12.3. The van der Waals surface area contributed by atoms with Crippen LogP contribution in [0.4, 0.5) is 11.8 Å². The Morgan fingerprint density at radius 3 is 2.79 bits per heavy atom. The van der Waals surface area contributed by atoms with Gasteiger partial charge < -0.3 is 15.7 Å². The number of nitrogens with one attached hydrogen (secondary N) is 2. The number of carbonyl (C=O) groups is 1. The molecule has 1 heterocycles. The lowest BCUT2D eigenvalue weighted by Crippen LogP contribution is -2.29. The largest absolute Gasteiger partial charge is 0.393 e. The third kappa shape index (κ3) is 4.38. The maximum Gasteiger partial charge on any atom is 0.224 e. The average Bonchev–Trinajstić information content (AvgIpc) is 3.05. The van der Waals surface area contributed by atoms with Gasteiger partial charge in [-0.05, 0) is 43.2 Å². The van der Waals surface area contributed by atoms with Crippen LogP contribution < -0.4 is 10.6 Å². The predicted molar refractivity (Wildman–Crippen MR) is 110 cm³/mol. The number of hydrogen-bond acceptors (Lipinski definition) is 7. The Hall–Kier alpha value is -2.98. The highest BCUT2D eigenvalue weighted by Crippen LogP contribution is 2.32. The monoisotopic (exact) mass is 391 g/mol. The number of aliphatic hydroxyl groups is 1. The first-order chi connectivity index (χ1) is 14.1. The third-order valence-electron chi connectivity index (χ3n) is 5.85. The molecule has 1 fully saturated rings. The summed E-state index contributed by atoms with van der Waals surface area (Å²) in [5.74, 6) is 1.15. The number of nitriles is 1. The van der Waals surface area contributed by atoms with Crippen molar-refractivity contribution >= 4 is 17.5 Å². The van der Waals surface area contributed by atoms with Crippen LogP contribution in [0.3, 0.4) is 0 Å². The van der Waals surface area contributed by atoms with Crippen LogP contribution in [0.5, 0.6) is 0 Å². The molecule has 1 saturated carbocycles. The van der Waals surface area contributed by atoms with Gasteiger partial charge in [0, 0.05) is 24.9 Å². The van der Waals surface area contributed by atoms with Crippen LogP contribution >= 0.6 is 0 Å². The van der Waals surface area contributed by atoms with Gasteiger partial charge in [0.15, 0.2) is 0 Å². The Balaban J connectivity index is 1.38. The van der Waals surface area contributed by atoms with Crippen LogP contribution in [0.1, 0.15) is 54.7 Å². The number of nitrogens with zero attached hydrogens (tertiary/aromatic N) is 3. The van der Waals surface area contributed by atoms with E-state index in [0.717, 1.165) is 36.8 Å². The number of fused-ring (bicyclic) bond motifs is 1. The molecule has 0 amide bonds. The summed E-state index contributed by atoms with van der Waals surface area (Å²) in [5.41, 5.74) is 2.66. The quantitative estimate of drug-likeness (QED) is 0.694. The lowest BCUT2D eigenvalue weighted by atomic mass is 9.93. The van der Waals surface area contributed by atoms with Crippen molar-refractivity contribution < 1.29 is 9.90 Å². The van der Waals surface area contributed by atoms with Gasteiger partial charge in [0.25, 0.3) is 0 Å². The van der Waals surface area contributed by atoms with E-state index in [9.17, 15) is 15.2 Å². The average molecular weight is 391 g/mol. The van der Waals surface area contributed by atoms with Crippen molar-refractivity contribution in [2.75, 3.05) is 17.2 Å². The second-order valence-electron chi connectivity index (χ2n) is 7.83. The summed E-state index contributed by atoms with van der Waals surface area (Å²) >= 11 is 0. The summed E-state index contributed by atoms with van der Waals surface area (Å²) in [6.07, 6.45) is 5.70. The molecule has 0 saturated heterocycles. The molecule has 4 rings (SSSR count). The molecule has 1 atom stereocenters. The minimum Gasteiger partial charge on any atom is -0.393 e. The number of aliphatic hydroxyl groups excluding tert-OH is 1. The number of aromatic nitrogens is 2. The molecule has 29 heavy (non-hydrogen) atoms. The summed E-state index contributed by atoms with van der Waals surface area (Å²) in [4.78, 5) is 21.0. The first-order valence-electron chi connectivity index (χ1n) is 10.2. The van der Waals surface area contributed by atoms with Crippen LogP contribution in [0.25, 0.3) is 0 Å². The van der Waals surface area contributed by atoms with E-state index in [1.807, 2.05) is 24.3 Å². The summed E-state index contributed by atoms with van der Waals surface area (Å²) in [6.45, 7) is 0.575. The molecule has 0 aliphatic heterocycles. The van der Waals surface area contributed by atoms with Gasteiger partial charge in [-0.25, -0.2) is 4.98 Å². The van der Waals surface area contributed by atoms with Gasteiger partial charge in [0.1, 0.15) is 23.2 Å². The van der Waals surface area contributed by atoms with E-state index in [1.54, 1.807) is 0 Å². The fraction of sp³-hybridized carbons (Fsp3) is 0.455. The fourth-order valence-corrected chi connectivity index (χ4v) is 4.24. The first-order valence-corrected chi connectivity index (χ1v) is 10.2. The molecule has 0 radical (unpaired) electrons. The molecule has 1 aromatic heterocycles. The number of carbonyl (C=O) groups excluding carboxylic acids is 1. The Morgan fingerprint density at radius 1 is 1.21 bits per heavy atom. The molecule has 7 nitrogen and oxygen atoms in total. The highest BCUT2D eigenvalue weighted by Gasteiger charge is 2.29. The topological polar surface area (TPSA) is 111 Å². The van der Waals surface area contributed by atoms with E-state index < -0.39 is 0 Å². The first kappa shape index (κ1) is 19.3. The Bertz CT molecular complexity index is 931. The summed E-state index contributed by atoms with van der Waals surface area (Å²) in [6, 6.07) is 10.3. The van der Waals surface area contributed by atoms with E-state index >= 15 is 0 Å². The Kier molecular flexibility index (Phi) is 5.72. The van der Waals surface area contributed by atoms with Crippen LogP contribution in [0, 0.1) is 11.3 Å². The van der Waals surface area contributed by atoms with Gasteiger partial charge in [0.2, 0.25) is 5.95 Å². The molecule has 2 aliphatic carbocycles. The standard InChI is InChI=1S/C22H25N5O2/c23-12-15-13-25-22(27-21(15)26-16-5-7-17(28)8-6-16)24-10-9-19-18-4-2-1-3-14(18)11-20(19)29/h1-4,13,16-17,19,28H,5-11H2,(H2,24,25,26,27). The van der Waals surface area contributed by atoms with Gasteiger partial charge in [-0.2, -0.15) is 10.2 Å². The third-order valence-corrected chi connectivity index (χ3v) is 5.85. The lowest BCUT2D eigenvalue weighted by Gasteiger charge is -2.26. The van der Waals surface area contributed by atoms with E-state index in [2.05, 4.69) is 26.7 Å². The summed E-state index contributed by atoms with van der Waals surface area (Å²) in [5, 5.41) is 25.5. The fourth-order valence-electron chi connectivity index (χ4n) is 4.24. The molecular formula is C22H25N5O2. The van der Waals surface area contributed by atoms with Crippen LogP contribution in [-0.4, -0.2) is 39.5 Å². The lowest BCUT2D eigenvalue weighted by molar-refractivity contribution is -0.119. The highest BCUT2D eigenvalue weighted by atomic mass is 16.3.